The first-order valence-corrected chi connectivity index (χ1v) is 8.29. The van der Waals surface area contributed by atoms with Crippen molar-refractivity contribution in [3.63, 3.8) is 0 Å². The minimum atomic E-state index is -0.190. The van der Waals surface area contributed by atoms with Gasteiger partial charge in [-0.2, -0.15) is 0 Å². The van der Waals surface area contributed by atoms with Crippen LogP contribution in [0.3, 0.4) is 0 Å². The van der Waals surface area contributed by atoms with Gasteiger partial charge >= 0.3 is 6.01 Å². The first-order valence-electron chi connectivity index (χ1n) is 7.06. The lowest BCUT2D eigenvalue weighted by molar-refractivity contribution is -0.115. The molecule has 2 aromatic carbocycles. The predicted octanol–water partition coefficient (Wildman–Crippen LogP) is 3.64. The normalized spacial score (nSPS) is 10.5. The van der Waals surface area contributed by atoms with Gasteiger partial charge in [0.15, 0.2) is 0 Å². The van der Waals surface area contributed by atoms with Crippen LogP contribution >= 0.6 is 11.8 Å². The summed E-state index contributed by atoms with van der Waals surface area (Å²) in [6.07, 6.45) is 2.28. The number of rotatable bonds is 5. The van der Waals surface area contributed by atoms with Gasteiger partial charge in [-0.3, -0.25) is 10.1 Å². The summed E-state index contributed by atoms with van der Waals surface area (Å²) in [6, 6.07) is 17.4. The molecule has 0 saturated heterocycles. The number of hydrogen-bond acceptors (Lipinski definition) is 5. The smallest absolute Gasteiger partial charge is 0.322 e. The molecule has 0 bridgehead atoms. The SMILES string of the molecule is CSc1ccc(CC(=O)Nc2nnc(-c3ccccc3)o2)cc1. The van der Waals surface area contributed by atoms with Crippen molar-refractivity contribution in [3.05, 3.63) is 60.2 Å². The minimum Gasteiger partial charge on any atom is -0.403 e. The van der Waals surface area contributed by atoms with Crippen LogP contribution in [0.1, 0.15) is 5.56 Å². The molecule has 3 rings (SSSR count). The molecule has 0 aliphatic heterocycles. The lowest BCUT2D eigenvalue weighted by atomic mass is 10.1. The third-order valence-corrected chi connectivity index (χ3v) is 3.96. The first kappa shape index (κ1) is 15.3. The Morgan fingerprint density at radius 3 is 2.52 bits per heavy atom. The van der Waals surface area contributed by atoms with Gasteiger partial charge < -0.3 is 4.42 Å². The van der Waals surface area contributed by atoms with E-state index in [1.54, 1.807) is 11.8 Å². The lowest BCUT2D eigenvalue weighted by Gasteiger charge is -2.02. The molecule has 23 heavy (non-hydrogen) atoms. The molecule has 0 atom stereocenters. The summed E-state index contributed by atoms with van der Waals surface area (Å²) in [6.45, 7) is 0. The molecule has 5 nitrogen and oxygen atoms in total. The Morgan fingerprint density at radius 2 is 1.83 bits per heavy atom. The van der Waals surface area contributed by atoms with Crippen LogP contribution in [0.15, 0.2) is 63.9 Å². The number of benzene rings is 2. The fourth-order valence-electron chi connectivity index (χ4n) is 2.06. The van der Waals surface area contributed by atoms with E-state index in [9.17, 15) is 4.79 Å². The Labute approximate surface area is 138 Å². The standard InChI is InChI=1S/C17H15N3O2S/c1-23-14-9-7-12(8-10-14)11-15(21)18-17-20-19-16(22-17)13-5-3-2-4-6-13/h2-10H,11H2,1H3,(H,18,20,21). The Kier molecular flexibility index (Phi) is 4.73. The number of nitrogens with zero attached hydrogens (tertiary/aromatic N) is 2. The molecule has 0 aliphatic rings. The van der Waals surface area contributed by atoms with E-state index in [2.05, 4.69) is 15.5 Å². The third kappa shape index (κ3) is 3.98. The highest BCUT2D eigenvalue weighted by molar-refractivity contribution is 7.98. The summed E-state index contributed by atoms with van der Waals surface area (Å²) >= 11 is 1.67. The van der Waals surface area contributed by atoms with Gasteiger partial charge in [0.05, 0.1) is 6.42 Å². The van der Waals surface area contributed by atoms with E-state index >= 15 is 0 Å². The average molecular weight is 325 g/mol. The average Bonchev–Trinajstić information content (AvgIpc) is 3.04. The van der Waals surface area contributed by atoms with Crippen LogP contribution in [0, 0.1) is 0 Å². The van der Waals surface area contributed by atoms with Gasteiger partial charge in [-0.25, -0.2) is 0 Å². The van der Waals surface area contributed by atoms with Gasteiger partial charge in [0.1, 0.15) is 0 Å². The fourth-order valence-corrected chi connectivity index (χ4v) is 2.47. The number of carbonyl (C=O) groups excluding carboxylic acids is 1. The summed E-state index contributed by atoms with van der Waals surface area (Å²) in [7, 11) is 0. The molecule has 0 fully saturated rings. The van der Waals surface area contributed by atoms with Crippen molar-refractivity contribution < 1.29 is 9.21 Å². The number of thioether (sulfide) groups is 1. The van der Waals surface area contributed by atoms with Crippen LogP contribution < -0.4 is 5.32 Å². The van der Waals surface area contributed by atoms with Gasteiger partial charge in [-0.1, -0.05) is 35.4 Å². The molecule has 0 spiro atoms. The molecule has 1 N–H and O–H groups in total. The summed E-state index contributed by atoms with van der Waals surface area (Å²) in [4.78, 5) is 13.2. The topological polar surface area (TPSA) is 68.0 Å². The number of amides is 1. The molecule has 116 valence electrons. The summed E-state index contributed by atoms with van der Waals surface area (Å²) < 4.78 is 5.46. The van der Waals surface area contributed by atoms with Crippen LogP contribution in [0.25, 0.3) is 11.5 Å². The Morgan fingerprint density at radius 1 is 1.09 bits per heavy atom. The zero-order valence-electron chi connectivity index (χ0n) is 12.5. The zero-order valence-corrected chi connectivity index (χ0v) is 13.3. The minimum absolute atomic E-state index is 0.106. The second-order valence-corrected chi connectivity index (χ2v) is 5.73. The van der Waals surface area contributed by atoms with E-state index in [4.69, 9.17) is 4.42 Å². The highest BCUT2D eigenvalue weighted by Gasteiger charge is 2.11. The fraction of sp³-hybridized carbons (Fsp3) is 0.118. The van der Waals surface area contributed by atoms with Crippen molar-refractivity contribution in [1.82, 2.24) is 10.2 Å². The Balaban J connectivity index is 1.63. The van der Waals surface area contributed by atoms with Crippen LogP contribution in [0.5, 0.6) is 0 Å². The van der Waals surface area contributed by atoms with E-state index in [0.717, 1.165) is 11.1 Å². The molecule has 0 radical (unpaired) electrons. The molecular formula is C17H15N3O2S. The maximum atomic E-state index is 12.0. The molecule has 1 amide bonds. The molecule has 0 unspecified atom stereocenters. The monoisotopic (exact) mass is 325 g/mol. The van der Waals surface area contributed by atoms with E-state index in [1.807, 2.05) is 60.9 Å². The first-order chi connectivity index (χ1) is 11.2. The number of nitrogens with one attached hydrogen (secondary N) is 1. The molecule has 0 saturated carbocycles. The largest absolute Gasteiger partial charge is 0.403 e. The van der Waals surface area contributed by atoms with Crippen molar-refractivity contribution in [2.24, 2.45) is 0 Å². The summed E-state index contributed by atoms with van der Waals surface area (Å²) in [5, 5.41) is 10.4. The van der Waals surface area contributed by atoms with Gasteiger partial charge in [0.2, 0.25) is 11.8 Å². The highest BCUT2D eigenvalue weighted by atomic mass is 32.2. The summed E-state index contributed by atoms with van der Waals surface area (Å²) in [5.41, 5.74) is 1.75. The Bertz CT molecular complexity index is 785. The zero-order chi connectivity index (χ0) is 16.1. The molecule has 3 aromatic rings. The quantitative estimate of drug-likeness (QED) is 0.725. The second kappa shape index (κ2) is 7.11. The van der Waals surface area contributed by atoms with Crippen molar-refractivity contribution in [2.75, 3.05) is 11.6 Å². The van der Waals surface area contributed by atoms with Crippen LogP contribution in [0.4, 0.5) is 6.01 Å². The van der Waals surface area contributed by atoms with Crippen LogP contribution in [-0.4, -0.2) is 22.4 Å². The molecular weight excluding hydrogens is 310 g/mol. The van der Waals surface area contributed by atoms with Gasteiger partial charge in [0.25, 0.3) is 0 Å². The third-order valence-electron chi connectivity index (χ3n) is 3.22. The van der Waals surface area contributed by atoms with Crippen molar-refractivity contribution in [1.29, 1.82) is 0 Å². The van der Waals surface area contributed by atoms with Crippen LogP contribution in [0.2, 0.25) is 0 Å². The van der Waals surface area contributed by atoms with Gasteiger partial charge in [0, 0.05) is 10.5 Å². The highest BCUT2D eigenvalue weighted by Crippen LogP contribution is 2.19. The van der Waals surface area contributed by atoms with E-state index in [-0.39, 0.29) is 18.3 Å². The van der Waals surface area contributed by atoms with Crippen molar-refractivity contribution in [2.45, 2.75) is 11.3 Å². The van der Waals surface area contributed by atoms with Gasteiger partial charge in [-0.05, 0) is 36.1 Å². The lowest BCUT2D eigenvalue weighted by Crippen LogP contribution is -2.14. The number of hydrogen-bond donors (Lipinski definition) is 1. The van der Waals surface area contributed by atoms with Gasteiger partial charge in [-0.15, -0.1) is 16.9 Å². The van der Waals surface area contributed by atoms with E-state index in [0.29, 0.717) is 5.89 Å². The molecule has 1 aromatic heterocycles. The van der Waals surface area contributed by atoms with Crippen LogP contribution in [-0.2, 0) is 11.2 Å². The van der Waals surface area contributed by atoms with E-state index in [1.165, 1.54) is 4.90 Å². The Hall–Kier alpha value is -2.60. The van der Waals surface area contributed by atoms with E-state index < -0.39 is 0 Å². The number of aromatic nitrogens is 2. The molecule has 1 heterocycles. The van der Waals surface area contributed by atoms with Crippen molar-refractivity contribution in [3.8, 4) is 11.5 Å². The van der Waals surface area contributed by atoms with Crippen molar-refractivity contribution >= 4 is 23.7 Å². The molecule has 0 aliphatic carbocycles. The predicted molar refractivity (Wildman–Crippen MR) is 90.3 cm³/mol. The second-order valence-electron chi connectivity index (χ2n) is 4.85. The number of anilines is 1. The molecule has 6 heteroatoms. The maximum absolute atomic E-state index is 12.0. The maximum Gasteiger partial charge on any atom is 0.322 e. The summed E-state index contributed by atoms with van der Waals surface area (Å²) in [5.74, 6) is 0.190. The number of carbonyl (C=O) groups is 1.